The van der Waals surface area contributed by atoms with Gasteiger partial charge in [-0.3, -0.25) is 4.57 Å². The van der Waals surface area contributed by atoms with E-state index in [2.05, 4.69) is 15.3 Å². The second-order valence-corrected chi connectivity index (χ2v) is 6.53. The number of aryl methyl sites for hydroxylation is 1. The number of aliphatic imine (C=N–C) groups is 1. The summed E-state index contributed by atoms with van der Waals surface area (Å²) >= 11 is 0. The fourth-order valence-electron chi connectivity index (χ4n) is 2.89. The summed E-state index contributed by atoms with van der Waals surface area (Å²) in [6.07, 6.45) is 5.47. The molecular formula is C21H26FIN6. The quantitative estimate of drug-likeness (QED) is 0.312. The van der Waals surface area contributed by atoms with Crippen LogP contribution in [0.1, 0.15) is 23.9 Å². The molecule has 8 heteroatoms. The molecule has 0 fully saturated rings. The van der Waals surface area contributed by atoms with Crippen molar-refractivity contribution >= 4 is 29.9 Å². The fraction of sp³-hybridized carbons (Fsp3) is 0.286. The molecule has 3 aromatic rings. The van der Waals surface area contributed by atoms with Gasteiger partial charge in [-0.15, -0.1) is 24.0 Å². The van der Waals surface area contributed by atoms with Crippen molar-refractivity contribution in [2.75, 3.05) is 13.6 Å². The second kappa shape index (κ2) is 10.9. The van der Waals surface area contributed by atoms with Crippen LogP contribution in [0.15, 0.2) is 60.0 Å². The number of guanidine groups is 1. The Morgan fingerprint density at radius 3 is 2.66 bits per heavy atom. The van der Waals surface area contributed by atoms with Crippen molar-refractivity contribution in [3.8, 4) is 5.82 Å². The van der Waals surface area contributed by atoms with E-state index < -0.39 is 0 Å². The molecule has 1 N–H and O–H groups in total. The first-order chi connectivity index (χ1) is 13.6. The fourth-order valence-corrected chi connectivity index (χ4v) is 2.89. The van der Waals surface area contributed by atoms with Gasteiger partial charge in [0.2, 0.25) is 0 Å². The summed E-state index contributed by atoms with van der Waals surface area (Å²) in [6.45, 7) is 5.79. The number of hydrogen-bond acceptors (Lipinski definition) is 3. The number of aromatic nitrogens is 3. The Bertz CT molecular complexity index is 938. The molecule has 0 unspecified atom stereocenters. The smallest absolute Gasteiger partial charge is 0.194 e. The lowest BCUT2D eigenvalue weighted by Crippen LogP contribution is -2.38. The lowest BCUT2D eigenvalue weighted by molar-refractivity contribution is 0.474. The number of benzene rings is 1. The van der Waals surface area contributed by atoms with Crippen LogP contribution in [0.25, 0.3) is 5.82 Å². The number of halogens is 2. The molecule has 0 aliphatic carbocycles. The minimum absolute atomic E-state index is 0. The minimum Gasteiger partial charge on any atom is -0.357 e. The highest BCUT2D eigenvalue weighted by Crippen LogP contribution is 2.10. The third-order valence-electron chi connectivity index (χ3n) is 4.30. The van der Waals surface area contributed by atoms with Crippen LogP contribution in [-0.2, 0) is 13.1 Å². The molecule has 3 rings (SSSR count). The maximum Gasteiger partial charge on any atom is 0.194 e. The Labute approximate surface area is 187 Å². The Hall–Kier alpha value is -2.49. The van der Waals surface area contributed by atoms with Crippen LogP contribution in [-0.4, -0.2) is 39.0 Å². The first kappa shape index (κ1) is 22.8. The average molecular weight is 508 g/mol. The lowest BCUT2D eigenvalue weighted by Gasteiger charge is -2.22. The molecule has 0 atom stereocenters. The highest BCUT2D eigenvalue weighted by atomic mass is 127. The number of pyridine rings is 1. The molecule has 1 aromatic carbocycles. The van der Waals surface area contributed by atoms with Crippen molar-refractivity contribution in [2.24, 2.45) is 4.99 Å². The topological polar surface area (TPSA) is 58.3 Å². The number of nitrogens with zero attached hydrogens (tertiary/aromatic N) is 5. The van der Waals surface area contributed by atoms with Crippen molar-refractivity contribution in [1.82, 2.24) is 24.8 Å². The van der Waals surface area contributed by atoms with Gasteiger partial charge in [0, 0.05) is 38.7 Å². The molecule has 0 saturated carbocycles. The second-order valence-electron chi connectivity index (χ2n) is 6.53. The van der Waals surface area contributed by atoms with Gasteiger partial charge in [-0.05, 0) is 43.2 Å². The van der Waals surface area contributed by atoms with Gasteiger partial charge >= 0.3 is 0 Å². The Kier molecular flexibility index (Phi) is 8.56. The molecule has 0 aliphatic heterocycles. The van der Waals surface area contributed by atoms with Gasteiger partial charge in [-0.2, -0.15) is 0 Å². The number of hydrogen-bond donors (Lipinski definition) is 1. The molecule has 6 nitrogen and oxygen atoms in total. The maximum atomic E-state index is 13.4. The molecule has 154 valence electrons. The summed E-state index contributed by atoms with van der Waals surface area (Å²) < 4.78 is 15.4. The molecule has 0 radical (unpaired) electrons. The van der Waals surface area contributed by atoms with E-state index in [0.717, 1.165) is 35.3 Å². The third kappa shape index (κ3) is 6.25. The standard InChI is InChI=1S/C21H25FN6.HI/c1-4-23-21(27(3)15-17-6-5-7-19(22)12-17)26-14-18-8-9-20(25-13-18)28-11-10-24-16(28)2;/h5-13H,4,14-15H2,1-3H3,(H,23,26);1H. The van der Waals surface area contributed by atoms with Crippen molar-refractivity contribution in [2.45, 2.75) is 26.9 Å². The van der Waals surface area contributed by atoms with E-state index in [1.807, 2.05) is 61.0 Å². The highest BCUT2D eigenvalue weighted by molar-refractivity contribution is 14.0. The van der Waals surface area contributed by atoms with E-state index in [0.29, 0.717) is 13.1 Å². The van der Waals surface area contributed by atoms with E-state index in [1.54, 1.807) is 18.3 Å². The SMILES string of the molecule is CCNC(=NCc1ccc(-n2ccnc2C)nc1)N(C)Cc1cccc(F)c1.I. The van der Waals surface area contributed by atoms with Crippen molar-refractivity contribution in [3.63, 3.8) is 0 Å². The van der Waals surface area contributed by atoms with Crippen LogP contribution in [0.3, 0.4) is 0 Å². The van der Waals surface area contributed by atoms with Gasteiger partial charge < -0.3 is 10.2 Å². The Morgan fingerprint density at radius 2 is 2.03 bits per heavy atom. The zero-order chi connectivity index (χ0) is 19.9. The van der Waals surface area contributed by atoms with Crippen LogP contribution in [0.2, 0.25) is 0 Å². The van der Waals surface area contributed by atoms with Crippen LogP contribution >= 0.6 is 24.0 Å². The number of imidazole rings is 1. The summed E-state index contributed by atoms with van der Waals surface area (Å²) in [5.41, 5.74) is 1.91. The largest absolute Gasteiger partial charge is 0.357 e. The molecule has 2 aromatic heterocycles. The van der Waals surface area contributed by atoms with E-state index in [9.17, 15) is 4.39 Å². The van der Waals surface area contributed by atoms with Crippen molar-refractivity contribution in [3.05, 3.63) is 77.8 Å². The molecule has 0 aliphatic rings. The summed E-state index contributed by atoms with van der Waals surface area (Å²) in [6, 6.07) is 10.6. The van der Waals surface area contributed by atoms with Crippen LogP contribution < -0.4 is 5.32 Å². The predicted octanol–water partition coefficient (Wildman–Crippen LogP) is 3.93. The van der Waals surface area contributed by atoms with Crippen LogP contribution in [0.5, 0.6) is 0 Å². The van der Waals surface area contributed by atoms with Gasteiger partial charge in [0.15, 0.2) is 5.96 Å². The van der Waals surface area contributed by atoms with Crippen LogP contribution in [0, 0.1) is 12.7 Å². The summed E-state index contributed by atoms with van der Waals surface area (Å²) in [7, 11) is 1.94. The van der Waals surface area contributed by atoms with Gasteiger partial charge in [0.05, 0.1) is 6.54 Å². The zero-order valence-electron chi connectivity index (χ0n) is 16.8. The first-order valence-corrected chi connectivity index (χ1v) is 9.26. The molecule has 2 heterocycles. The van der Waals surface area contributed by atoms with E-state index in [1.165, 1.54) is 6.07 Å². The van der Waals surface area contributed by atoms with Crippen molar-refractivity contribution in [1.29, 1.82) is 0 Å². The molecule has 29 heavy (non-hydrogen) atoms. The molecule has 0 amide bonds. The average Bonchev–Trinajstić information content (AvgIpc) is 3.11. The van der Waals surface area contributed by atoms with Crippen LogP contribution in [0.4, 0.5) is 4.39 Å². The van der Waals surface area contributed by atoms with E-state index >= 15 is 0 Å². The number of nitrogens with one attached hydrogen (secondary N) is 1. The molecule has 0 spiro atoms. The maximum absolute atomic E-state index is 13.4. The predicted molar refractivity (Wildman–Crippen MR) is 124 cm³/mol. The molecular weight excluding hydrogens is 482 g/mol. The summed E-state index contributed by atoms with van der Waals surface area (Å²) in [5.74, 6) is 2.26. The minimum atomic E-state index is -0.230. The number of rotatable bonds is 6. The highest BCUT2D eigenvalue weighted by Gasteiger charge is 2.08. The first-order valence-electron chi connectivity index (χ1n) is 9.26. The molecule has 0 bridgehead atoms. The zero-order valence-corrected chi connectivity index (χ0v) is 19.2. The normalized spacial score (nSPS) is 11.1. The monoisotopic (exact) mass is 508 g/mol. The Morgan fingerprint density at radius 1 is 1.21 bits per heavy atom. The van der Waals surface area contributed by atoms with Gasteiger partial charge in [0.25, 0.3) is 0 Å². The van der Waals surface area contributed by atoms with E-state index in [4.69, 9.17) is 4.99 Å². The van der Waals surface area contributed by atoms with Gasteiger partial charge in [0.1, 0.15) is 17.5 Å². The van der Waals surface area contributed by atoms with Gasteiger partial charge in [-0.25, -0.2) is 19.4 Å². The van der Waals surface area contributed by atoms with Crippen molar-refractivity contribution < 1.29 is 4.39 Å². The third-order valence-corrected chi connectivity index (χ3v) is 4.30. The lowest BCUT2D eigenvalue weighted by atomic mass is 10.2. The summed E-state index contributed by atoms with van der Waals surface area (Å²) in [4.78, 5) is 15.4. The molecule has 0 saturated heterocycles. The van der Waals surface area contributed by atoms with E-state index in [-0.39, 0.29) is 29.8 Å². The summed E-state index contributed by atoms with van der Waals surface area (Å²) in [5, 5.41) is 3.28. The van der Waals surface area contributed by atoms with Gasteiger partial charge in [-0.1, -0.05) is 18.2 Å². The Balaban J connectivity index is 0.00000300.